The first-order valence-electron chi connectivity index (χ1n) is 11.2. The summed E-state index contributed by atoms with van der Waals surface area (Å²) < 4.78 is 94.5. The summed E-state index contributed by atoms with van der Waals surface area (Å²) in [6, 6.07) is 6.63. The predicted octanol–water partition coefficient (Wildman–Crippen LogP) is 4.08. The molecular weight excluding hydrogens is 509 g/mol. The SMILES string of the molecule is C[C@](CNc1cc(C(F)(F)F)nc2cc(C(F)(F)F)nn12)(c1ccc(F)cc1)[C@H]1CCN(CC(N)=O)C1. The highest BCUT2D eigenvalue weighted by atomic mass is 19.4. The van der Waals surface area contributed by atoms with E-state index in [0.717, 1.165) is 0 Å². The maximum atomic E-state index is 13.6. The van der Waals surface area contributed by atoms with E-state index in [9.17, 15) is 35.5 Å². The van der Waals surface area contributed by atoms with E-state index in [2.05, 4.69) is 15.4 Å². The molecule has 0 spiro atoms. The van der Waals surface area contributed by atoms with Crippen LogP contribution in [-0.4, -0.2) is 51.6 Å². The van der Waals surface area contributed by atoms with Crippen LogP contribution >= 0.6 is 0 Å². The molecular formula is C23H23F7N6O. The Labute approximate surface area is 206 Å². The number of primary amides is 1. The zero-order valence-corrected chi connectivity index (χ0v) is 19.5. The van der Waals surface area contributed by atoms with Crippen molar-refractivity contribution in [3.05, 3.63) is 59.2 Å². The molecule has 3 aromatic rings. The summed E-state index contributed by atoms with van der Waals surface area (Å²) in [4.78, 5) is 16.5. The number of hydrogen-bond donors (Lipinski definition) is 2. The number of alkyl halides is 6. The Balaban J connectivity index is 1.73. The smallest absolute Gasteiger partial charge is 0.369 e. The highest BCUT2D eigenvalue weighted by Gasteiger charge is 2.41. The van der Waals surface area contributed by atoms with Crippen LogP contribution in [0, 0.1) is 11.7 Å². The molecule has 0 aliphatic carbocycles. The molecule has 7 nitrogen and oxygen atoms in total. The van der Waals surface area contributed by atoms with Crippen LogP contribution in [-0.2, 0) is 22.6 Å². The number of nitrogens with two attached hydrogens (primary N) is 1. The molecule has 3 N–H and O–H groups in total. The van der Waals surface area contributed by atoms with Crippen LogP contribution in [0.2, 0.25) is 0 Å². The molecule has 1 aliphatic heterocycles. The van der Waals surface area contributed by atoms with Crippen molar-refractivity contribution in [3.8, 4) is 0 Å². The third-order valence-corrected chi connectivity index (χ3v) is 6.70. The normalized spacial score (nSPS) is 18.8. The lowest BCUT2D eigenvalue weighted by atomic mass is 9.71. The molecule has 1 fully saturated rings. The van der Waals surface area contributed by atoms with Crippen molar-refractivity contribution in [2.24, 2.45) is 11.7 Å². The minimum atomic E-state index is -4.91. The quantitative estimate of drug-likeness (QED) is 0.448. The molecule has 1 saturated heterocycles. The summed E-state index contributed by atoms with van der Waals surface area (Å²) in [7, 11) is 0. The van der Waals surface area contributed by atoms with Crippen molar-refractivity contribution < 1.29 is 35.5 Å². The Kier molecular flexibility index (Phi) is 6.82. The molecule has 0 radical (unpaired) electrons. The maximum absolute atomic E-state index is 13.6. The molecule has 14 heteroatoms. The second kappa shape index (κ2) is 9.47. The zero-order valence-electron chi connectivity index (χ0n) is 19.5. The predicted molar refractivity (Wildman–Crippen MR) is 119 cm³/mol. The fourth-order valence-electron chi connectivity index (χ4n) is 4.69. The van der Waals surface area contributed by atoms with Gasteiger partial charge in [0, 0.05) is 30.6 Å². The third kappa shape index (κ3) is 5.63. The van der Waals surface area contributed by atoms with Gasteiger partial charge in [0.05, 0.1) is 6.54 Å². The van der Waals surface area contributed by atoms with Crippen LogP contribution < -0.4 is 11.1 Å². The molecule has 4 rings (SSSR count). The first-order valence-corrected chi connectivity index (χ1v) is 11.2. The summed E-state index contributed by atoms with van der Waals surface area (Å²) in [6.07, 6.45) is -9.20. The number of carbonyl (C=O) groups is 1. The average molecular weight is 532 g/mol. The van der Waals surface area contributed by atoms with E-state index in [1.807, 2.05) is 11.8 Å². The van der Waals surface area contributed by atoms with Gasteiger partial charge in [-0.1, -0.05) is 19.1 Å². The van der Waals surface area contributed by atoms with Crippen LogP contribution in [0.4, 0.5) is 36.6 Å². The van der Waals surface area contributed by atoms with Crippen molar-refractivity contribution in [1.29, 1.82) is 0 Å². The van der Waals surface area contributed by atoms with Gasteiger partial charge >= 0.3 is 12.4 Å². The number of halogens is 7. The molecule has 37 heavy (non-hydrogen) atoms. The van der Waals surface area contributed by atoms with Crippen LogP contribution in [0.5, 0.6) is 0 Å². The van der Waals surface area contributed by atoms with Gasteiger partial charge in [-0.2, -0.15) is 36.0 Å². The Morgan fingerprint density at radius 2 is 1.73 bits per heavy atom. The molecule has 1 aromatic carbocycles. The van der Waals surface area contributed by atoms with Crippen LogP contribution in [0.25, 0.3) is 5.65 Å². The van der Waals surface area contributed by atoms with E-state index in [1.54, 1.807) is 12.1 Å². The number of benzene rings is 1. The lowest BCUT2D eigenvalue weighted by Gasteiger charge is -2.37. The summed E-state index contributed by atoms with van der Waals surface area (Å²) in [6.45, 7) is 2.77. The lowest BCUT2D eigenvalue weighted by Crippen LogP contribution is -2.41. The average Bonchev–Trinajstić information content (AvgIpc) is 3.44. The Bertz CT molecular complexity index is 1290. The number of amides is 1. The van der Waals surface area contributed by atoms with E-state index in [-0.39, 0.29) is 24.8 Å². The maximum Gasteiger partial charge on any atom is 0.435 e. The number of nitrogens with one attached hydrogen (secondary N) is 1. The minimum absolute atomic E-state index is 0.0247. The Morgan fingerprint density at radius 1 is 1.08 bits per heavy atom. The van der Waals surface area contributed by atoms with E-state index < -0.39 is 46.5 Å². The Hall–Kier alpha value is -3.42. The van der Waals surface area contributed by atoms with Crippen molar-refractivity contribution >= 4 is 17.4 Å². The number of rotatable bonds is 7. The summed E-state index contributed by atoms with van der Waals surface area (Å²) in [5.74, 6) is -1.48. The molecule has 200 valence electrons. The molecule has 2 atom stereocenters. The van der Waals surface area contributed by atoms with Crippen molar-refractivity contribution in [1.82, 2.24) is 19.5 Å². The topological polar surface area (TPSA) is 88.6 Å². The van der Waals surface area contributed by atoms with E-state index >= 15 is 0 Å². The molecule has 3 heterocycles. The van der Waals surface area contributed by atoms with Gasteiger partial charge in [-0.05, 0) is 36.6 Å². The largest absolute Gasteiger partial charge is 0.435 e. The number of fused-ring (bicyclic) bond motifs is 1. The summed E-state index contributed by atoms with van der Waals surface area (Å²) in [5, 5.41) is 6.26. The number of likely N-dealkylation sites (tertiary alicyclic amines) is 1. The molecule has 0 unspecified atom stereocenters. The monoisotopic (exact) mass is 532 g/mol. The van der Waals surface area contributed by atoms with Crippen LogP contribution in [0.15, 0.2) is 36.4 Å². The van der Waals surface area contributed by atoms with Gasteiger partial charge in [0.15, 0.2) is 17.0 Å². The third-order valence-electron chi connectivity index (χ3n) is 6.70. The molecule has 2 aromatic heterocycles. The Morgan fingerprint density at radius 3 is 2.32 bits per heavy atom. The number of nitrogens with zero attached hydrogens (tertiary/aromatic N) is 4. The standard InChI is InChI=1S/C23H23F7N6O/c1-21(13-2-4-15(24)5-3-13,14-6-7-35(10-14)11-18(31)37)12-32-19-8-16(22(25,26)27)33-20-9-17(23(28,29)30)34-36(19)20/h2-5,8-9,14,32H,6-7,10-12H2,1H3,(H2,31,37)/t14-,21-/m0/s1. The van der Waals surface area contributed by atoms with Crippen molar-refractivity contribution in [3.63, 3.8) is 0 Å². The highest BCUT2D eigenvalue weighted by Crippen LogP contribution is 2.39. The second-order valence-electron chi connectivity index (χ2n) is 9.29. The van der Waals surface area contributed by atoms with E-state index in [0.29, 0.717) is 41.7 Å². The summed E-state index contributed by atoms with van der Waals surface area (Å²) in [5.41, 5.74) is 1.74. The lowest BCUT2D eigenvalue weighted by molar-refractivity contribution is -0.142. The first kappa shape index (κ1) is 26.6. The number of aromatic nitrogens is 3. The number of anilines is 1. The van der Waals surface area contributed by atoms with Gasteiger partial charge in [-0.15, -0.1) is 0 Å². The summed E-state index contributed by atoms with van der Waals surface area (Å²) >= 11 is 0. The van der Waals surface area contributed by atoms with Crippen LogP contribution in [0.3, 0.4) is 0 Å². The van der Waals surface area contributed by atoms with Gasteiger partial charge < -0.3 is 11.1 Å². The van der Waals surface area contributed by atoms with Crippen molar-refractivity contribution in [2.75, 3.05) is 31.5 Å². The van der Waals surface area contributed by atoms with Gasteiger partial charge in [-0.25, -0.2) is 9.37 Å². The first-order chi connectivity index (χ1) is 17.2. The van der Waals surface area contributed by atoms with Gasteiger partial charge in [0.2, 0.25) is 5.91 Å². The molecule has 0 saturated carbocycles. The zero-order chi connectivity index (χ0) is 27.2. The number of hydrogen-bond acceptors (Lipinski definition) is 5. The van der Waals surface area contributed by atoms with Crippen LogP contribution in [0.1, 0.15) is 30.3 Å². The van der Waals surface area contributed by atoms with E-state index in [4.69, 9.17) is 5.73 Å². The van der Waals surface area contributed by atoms with Gasteiger partial charge in [-0.3, -0.25) is 9.69 Å². The molecule has 0 bridgehead atoms. The molecule has 1 aliphatic rings. The molecule has 1 amide bonds. The highest BCUT2D eigenvalue weighted by molar-refractivity contribution is 5.75. The second-order valence-corrected chi connectivity index (χ2v) is 9.29. The van der Waals surface area contributed by atoms with E-state index in [1.165, 1.54) is 12.1 Å². The minimum Gasteiger partial charge on any atom is -0.369 e. The van der Waals surface area contributed by atoms with Gasteiger partial charge in [0.25, 0.3) is 0 Å². The van der Waals surface area contributed by atoms with Crippen molar-refractivity contribution in [2.45, 2.75) is 31.1 Å². The fourth-order valence-corrected chi connectivity index (χ4v) is 4.69. The fraction of sp³-hybridized carbons (Fsp3) is 0.435. The number of carbonyl (C=O) groups excluding carboxylic acids is 1. The van der Waals surface area contributed by atoms with Gasteiger partial charge in [0.1, 0.15) is 11.6 Å².